The van der Waals surface area contributed by atoms with Crippen LogP contribution in [0.25, 0.3) is 0 Å². The van der Waals surface area contributed by atoms with Gasteiger partial charge in [0.1, 0.15) is 5.01 Å². The van der Waals surface area contributed by atoms with E-state index >= 15 is 0 Å². The molecule has 5 heteroatoms. The number of thiazole rings is 1. The minimum atomic E-state index is 0.638. The van der Waals surface area contributed by atoms with Crippen molar-refractivity contribution in [1.82, 2.24) is 9.97 Å². The van der Waals surface area contributed by atoms with Crippen LogP contribution in [0.5, 0.6) is 5.88 Å². The maximum atomic E-state index is 5.26. The zero-order chi connectivity index (χ0) is 11.2. The fourth-order valence-corrected chi connectivity index (χ4v) is 1.79. The van der Waals surface area contributed by atoms with E-state index in [0.717, 1.165) is 17.2 Å². The first-order chi connectivity index (χ1) is 7.88. The minimum absolute atomic E-state index is 0.638. The molecule has 0 aliphatic rings. The van der Waals surface area contributed by atoms with Crippen molar-refractivity contribution in [3.8, 4) is 5.88 Å². The maximum Gasteiger partial charge on any atom is 0.213 e. The Morgan fingerprint density at radius 3 is 2.94 bits per heavy atom. The molecule has 0 atom stereocenters. The molecule has 0 aliphatic carbocycles. The van der Waals surface area contributed by atoms with Gasteiger partial charge in [-0.15, -0.1) is 11.3 Å². The van der Waals surface area contributed by atoms with Crippen LogP contribution in [0.3, 0.4) is 0 Å². The van der Waals surface area contributed by atoms with Crippen LogP contribution in [0.4, 0.5) is 5.69 Å². The molecule has 0 aromatic carbocycles. The molecule has 0 unspecified atom stereocenters. The van der Waals surface area contributed by atoms with Crippen LogP contribution < -0.4 is 10.1 Å². The lowest BCUT2D eigenvalue weighted by atomic mass is 10.4. The third-order valence-electron chi connectivity index (χ3n) is 1.96. The van der Waals surface area contributed by atoms with Crippen LogP contribution in [0.15, 0.2) is 29.9 Å². The SMILES string of the molecule is CCOc1ccc(NCc2nccs2)cn1. The van der Waals surface area contributed by atoms with Crippen LogP contribution >= 0.6 is 11.3 Å². The van der Waals surface area contributed by atoms with E-state index in [-0.39, 0.29) is 0 Å². The Morgan fingerprint density at radius 2 is 2.31 bits per heavy atom. The fourth-order valence-electron chi connectivity index (χ4n) is 1.24. The second-order valence-corrected chi connectivity index (χ2v) is 4.08. The second-order valence-electron chi connectivity index (χ2n) is 3.10. The molecule has 2 aromatic heterocycles. The van der Waals surface area contributed by atoms with Crippen LogP contribution in [0, 0.1) is 0 Å². The molecule has 0 saturated heterocycles. The number of hydrogen-bond donors (Lipinski definition) is 1. The zero-order valence-corrected chi connectivity index (χ0v) is 9.83. The summed E-state index contributed by atoms with van der Waals surface area (Å²) in [5, 5.41) is 6.28. The third-order valence-corrected chi connectivity index (χ3v) is 2.74. The highest BCUT2D eigenvalue weighted by Gasteiger charge is 1.97. The maximum absolute atomic E-state index is 5.26. The Bertz CT molecular complexity index is 413. The average Bonchev–Trinajstić information content (AvgIpc) is 2.82. The highest BCUT2D eigenvalue weighted by molar-refractivity contribution is 7.09. The normalized spacial score (nSPS) is 10.1. The summed E-state index contributed by atoms with van der Waals surface area (Å²) in [4.78, 5) is 8.36. The molecule has 4 nitrogen and oxygen atoms in total. The summed E-state index contributed by atoms with van der Waals surface area (Å²) in [6.45, 7) is 3.31. The van der Waals surface area contributed by atoms with Crippen molar-refractivity contribution in [2.75, 3.05) is 11.9 Å². The molecule has 0 spiro atoms. The molecular formula is C11H13N3OS. The molecule has 2 aromatic rings. The number of aromatic nitrogens is 2. The van der Waals surface area contributed by atoms with Gasteiger partial charge in [-0.2, -0.15) is 0 Å². The molecular weight excluding hydrogens is 222 g/mol. The van der Waals surface area contributed by atoms with Crippen molar-refractivity contribution in [2.45, 2.75) is 13.5 Å². The highest BCUT2D eigenvalue weighted by atomic mass is 32.1. The molecule has 0 fully saturated rings. The van der Waals surface area contributed by atoms with Crippen molar-refractivity contribution < 1.29 is 4.74 Å². The molecule has 2 heterocycles. The molecule has 16 heavy (non-hydrogen) atoms. The van der Waals surface area contributed by atoms with Crippen molar-refractivity contribution in [2.24, 2.45) is 0 Å². The number of nitrogens with zero attached hydrogens (tertiary/aromatic N) is 2. The minimum Gasteiger partial charge on any atom is -0.478 e. The van der Waals surface area contributed by atoms with E-state index in [0.29, 0.717) is 12.5 Å². The largest absolute Gasteiger partial charge is 0.478 e. The first-order valence-corrected chi connectivity index (χ1v) is 5.97. The quantitative estimate of drug-likeness (QED) is 0.865. The van der Waals surface area contributed by atoms with Crippen LogP contribution in [0.2, 0.25) is 0 Å². The lowest BCUT2D eigenvalue weighted by molar-refractivity contribution is 0.327. The van der Waals surface area contributed by atoms with Gasteiger partial charge in [0.05, 0.1) is 25.0 Å². The van der Waals surface area contributed by atoms with Gasteiger partial charge in [-0.25, -0.2) is 9.97 Å². The third kappa shape index (κ3) is 2.93. The van der Waals surface area contributed by atoms with Crippen molar-refractivity contribution in [1.29, 1.82) is 0 Å². The smallest absolute Gasteiger partial charge is 0.213 e. The molecule has 1 N–H and O–H groups in total. The van der Waals surface area contributed by atoms with E-state index in [4.69, 9.17) is 4.74 Å². The predicted octanol–water partition coefficient (Wildman–Crippen LogP) is 2.55. The summed E-state index contributed by atoms with van der Waals surface area (Å²) in [7, 11) is 0. The zero-order valence-electron chi connectivity index (χ0n) is 9.01. The summed E-state index contributed by atoms with van der Waals surface area (Å²) in [5.74, 6) is 0.655. The van der Waals surface area contributed by atoms with Crippen LogP contribution in [0.1, 0.15) is 11.9 Å². The highest BCUT2D eigenvalue weighted by Crippen LogP contribution is 2.13. The molecule has 0 amide bonds. The number of hydrogen-bond acceptors (Lipinski definition) is 5. The van der Waals surface area contributed by atoms with Gasteiger partial charge in [0.25, 0.3) is 0 Å². The molecule has 0 radical (unpaired) electrons. The van der Waals surface area contributed by atoms with Crippen molar-refractivity contribution >= 4 is 17.0 Å². The standard InChI is InChI=1S/C11H13N3OS/c1-2-15-10-4-3-9(7-14-10)13-8-11-12-5-6-16-11/h3-7,13H,2,8H2,1H3. The van der Waals surface area contributed by atoms with Crippen LogP contribution in [-0.2, 0) is 6.54 Å². The van der Waals surface area contributed by atoms with Crippen LogP contribution in [-0.4, -0.2) is 16.6 Å². The van der Waals surface area contributed by atoms with Gasteiger partial charge < -0.3 is 10.1 Å². The van der Waals surface area contributed by atoms with Crippen molar-refractivity contribution in [3.63, 3.8) is 0 Å². The predicted molar refractivity (Wildman–Crippen MR) is 64.8 cm³/mol. The fraction of sp³-hybridized carbons (Fsp3) is 0.273. The van der Waals surface area contributed by atoms with Crippen molar-refractivity contribution in [3.05, 3.63) is 34.9 Å². The number of rotatable bonds is 5. The topological polar surface area (TPSA) is 47.0 Å². The summed E-state index contributed by atoms with van der Waals surface area (Å²) in [5.41, 5.74) is 0.971. The van der Waals surface area contributed by atoms with E-state index in [1.165, 1.54) is 0 Å². The summed E-state index contributed by atoms with van der Waals surface area (Å²) in [6, 6.07) is 3.80. The Kier molecular flexibility index (Phi) is 3.71. The monoisotopic (exact) mass is 235 g/mol. The number of anilines is 1. The number of nitrogens with one attached hydrogen (secondary N) is 1. The lowest BCUT2D eigenvalue weighted by Crippen LogP contribution is -2.00. The van der Waals surface area contributed by atoms with E-state index < -0.39 is 0 Å². The van der Waals surface area contributed by atoms with Gasteiger partial charge in [0.2, 0.25) is 5.88 Å². The van der Waals surface area contributed by atoms with E-state index in [2.05, 4.69) is 15.3 Å². The summed E-state index contributed by atoms with van der Waals surface area (Å²) < 4.78 is 5.26. The molecule has 0 aliphatic heterocycles. The average molecular weight is 235 g/mol. The lowest BCUT2D eigenvalue weighted by Gasteiger charge is -2.05. The molecule has 0 saturated carbocycles. The van der Waals surface area contributed by atoms with Gasteiger partial charge >= 0.3 is 0 Å². The Hall–Kier alpha value is -1.62. The van der Waals surface area contributed by atoms with Gasteiger partial charge in [-0.05, 0) is 13.0 Å². The Labute approximate surface area is 98.3 Å². The number of ether oxygens (including phenoxy) is 1. The van der Waals surface area contributed by atoms with Gasteiger partial charge in [-0.3, -0.25) is 0 Å². The number of pyridine rings is 1. The Morgan fingerprint density at radius 1 is 1.38 bits per heavy atom. The first-order valence-electron chi connectivity index (χ1n) is 5.09. The van der Waals surface area contributed by atoms with E-state index in [9.17, 15) is 0 Å². The first kappa shape index (κ1) is 10.9. The molecule has 2 rings (SSSR count). The van der Waals surface area contributed by atoms with Gasteiger partial charge in [0, 0.05) is 17.6 Å². The summed E-state index contributed by atoms with van der Waals surface area (Å²) >= 11 is 1.63. The molecule has 0 bridgehead atoms. The van der Waals surface area contributed by atoms with E-state index in [1.807, 2.05) is 24.4 Å². The van der Waals surface area contributed by atoms with Gasteiger partial charge in [-0.1, -0.05) is 0 Å². The summed E-state index contributed by atoms with van der Waals surface area (Å²) in [6.07, 6.45) is 3.57. The second kappa shape index (κ2) is 5.46. The molecule has 84 valence electrons. The van der Waals surface area contributed by atoms with Gasteiger partial charge in [0.15, 0.2) is 0 Å². The Balaban J connectivity index is 1.90. The van der Waals surface area contributed by atoms with E-state index in [1.54, 1.807) is 23.7 Å².